The number of aryl methyl sites for hydroxylation is 1. The molecule has 2 rings (SSSR count). The standard InChI is InChI=1S/C11H11ClN2O2/c1-3-16-11(15)9-6-14-7(2)8(12)4-5-10(14)13-9/h4-6H,3H2,1-2H3. The minimum atomic E-state index is -0.415. The topological polar surface area (TPSA) is 43.6 Å². The maximum Gasteiger partial charge on any atom is 0.358 e. The normalized spacial score (nSPS) is 10.7. The molecule has 84 valence electrons. The number of esters is 1. The minimum Gasteiger partial charge on any atom is -0.461 e. The summed E-state index contributed by atoms with van der Waals surface area (Å²) in [5, 5.41) is 0.639. The summed E-state index contributed by atoms with van der Waals surface area (Å²) in [5.41, 5.74) is 1.83. The van der Waals surface area contributed by atoms with Crippen molar-refractivity contribution in [3.05, 3.63) is 34.7 Å². The Labute approximate surface area is 97.8 Å². The average molecular weight is 239 g/mol. The number of hydrogen-bond acceptors (Lipinski definition) is 3. The van der Waals surface area contributed by atoms with Crippen LogP contribution in [0, 0.1) is 6.92 Å². The molecule has 0 N–H and O–H groups in total. The van der Waals surface area contributed by atoms with Crippen LogP contribution in [-0.2, 0) is 4.74 Å². The first-order valence-corrected chi connectivity index (χ1v) is 5.32. The molecule has 0 saturated carbocycles. The SMILES string of the molecule is CCOC(=O)c1cn2c(C)c(Cl)ccc2n1. The minimum absolute atomic E-state index is 0.298. The first-order chi connectivity index (χ1) is 7.63. The number of carbonyl (C=O) groups excluding carboxylic acids is 1. The van der Waals surface area contributed by atoms with E-state index >= 15 is 0 Å². The molecular formula is C11H11ClN2O2. The van der Waals surface area contributed by atoms with Gasteiger partial charge in [-0.15, -0.1) is 0 Å². The summed E-state index contributed by atoms with van der Waals surface area (Å²) in [4.78, 5) is 15.6. The van der Waals surface area contributed by atoms with E-state index in [4.69, 9.17) is 16.3 Å². The summed E-state index contributed by atoms with van der Waals surface area (Å²) in [6.45, 7) is 3.97. The van der Waals surface area contributed by atoms with Crippen molar-refractivity contribution in [1.29, 1.82) is 0 Å². The second kappa shape index (κ2) is 4.14. The number of imidazole rings is 1. The first-order valence-electron chi connectivity index (χ1n) is 4.94. The summed E-state index contributed by atoms with van der Waals surface area (Å²) < 4.78 is 6.65. The van der Waals surface area contributed by atoms with Gasteiger partial charge in [-0.25, -0.2) is 9.78 Å². The van der Waals surface area contributed by atoms with Crippen molar-refractivity contribution in [3.8, 4) is 0 Å². The highest BCUT2D eigenvalue weighted by molar-refractivity contribution is 6.31. The fourth-order valence-electron chi connectivity index (χ4n) is 1.47. The van der Waals surface area contributed by atoms with Crippen molar-refractivity contribution in [1.82, 2.24) is 9.38 Å². The van der Waals surface area contributed by atoms with Crippen LogP contribution in [0.25, 0.3) is 5.65 Å². The van der Waals surface area contributed by atoms with Gasteiger partial charge in [-0.3, -0.25) is 0 Å². The molecule has 2 heterocycles. The monoisotopic (exact) mass is 238 g/mol. The van der Waals surface area contributed by atoms with E-state index in [1.165, 1.54) is 0 Å². The number of ether oxygens (including phenoxy) is 1. The Morgan fingerprint density at radius 2 is 2.31 bits per heavy atom. The fourth-order valence-corrected chi connectivity index (χ4v) is 1.62. The summed E-state index contributed by atoms with van der Waals surface area (Å²) in [5.74, 6) is -0.415. The molecule has 16 heavy (non-hydrogen) atoms. The number of fused-ring (bicyclic) bond motifs is 1. The lowest BCUT2D eigenvalue weighted by atomic mass is 10.4. The molecule has 0 aliphatic rings. The van der Waals surface area contributed by atoms with Gasteiger partial charge in [0.25, 0.3) is 0 Å². The van der Waals surface area contributed by atoms with E-state index in [2.05, 4.69) is 4.98 Å². The summed E-state index contributed by atoms with van der Waals surface area (Å²) in [6.07, 6.45) is 1.63. The van der Waals surface area contributed by atoms with Gasteiger partial charge < -0.3 is 9.14 Å². The van der Waals surface area contributed by atoms with Crippen LogP contribution < -0.4 is 0 Å². The van der Waals surface area contributed by atoms with Crippen molar-refractivity contribution in [3.63, 3.8) is 0 Å². The molecule has 0 unspecified atom stereocenters. The third-order valence-electron chi connectivity index (χ3n) is 2.30. The van der Waals surface area contributed by atoms with Gasteiger partial charge in [-0.1, -0.05) is 11.6 Å². The molecule has 5 heteroatoms. The zero-order chi connectivity index (χ0) is 11.7. The van der Waals surface area contributed by atoms with Crippen LogP contribution in [0.3, 0.4) is 0 Å². The van der Waals surface area contributed by atoms with Crippen molar-refractivity contribution >= 4 is 23.2 Å². The Bertz CT molecular complexity index is 548. The third-order valence-corrected chi connectivity index (χ3v) is 2.70. The first kappa shape index (κ1) is 11.0. The number of pyridine rings is 1. The second-order valence-electron chi connectivity index (χ2n) is 3.34. The van der Waals surface area contributed by atoms with E-state index in [0.717, 1.165) is 5.69 Å². The van der Waals surface area contributed by atoms with Gasteiger partial charge in [0.15, 0.2) is 5.69 Å². The molecular weight excluding hydrogens is 228 g/mol. The summed E-state index contributed by atoms with van der Waals surface area (Å²) in [6, 6.07) is 3.52. The lowest BCUT2D eigenvalue weighted by Crippen LogP contribution is -2.04. The predicted molar refractivity (Wildman–Crippen MR) is 60.9 cm³/mol. The molecule has 0 radical (unpaired) electrons. The van der Waals surface area contributed by atoms with Crippen LogP contribution in [0.15, 0.2) is 18.3 Å². The largest absolute Gasteiger partial charge is 0.461 e. The Kier molecular flexibility index (Phi) is 2.83. The molecule has 2 aromatic rings. The van der Waals surface area contributed by atoms with Crippen LogP contribution >= 0.6 is 11.6 Å². The number of carbonyl (C=O) groups is 1. The van der Waals surface area contributed by atoms with Gasteiger partial charge in [0, 0.05) is 11.9 Å². The van der Waals surface area contributed by atoms with Crippen molar-refractivity contribution in [2.45, 2.75) is 13.8 Å². The molecule has 0 aliphatic carbocycles. The van der Waals surface area contributed by atoms with Crippen LogP contribution in [0.4, 0.5) is 0 Å². The van der Waals surface area contributed by atoms with Gasteiger partial charge in [-0.05, 0) is 26.0 Å². The lowest BCUT2D eigenvalue weighted by molar-refractivity contribution is 0.0520. The van der Waals surface area contributed by atoms with Crippen LogP contribution in [0.2, 0.25) is 5.02 Å². The summed E-state index contributed by atoms with van der Waals surface area (Å²) >= 11 is 5.97. The third kappa shape index (κ3) is 1.76. The zero-order valence-corrected chi connectivity index (χ0v) is 9.78. The predicted octanol–water partition coefficient (Wildman–Crippen LogP) is 2.47. The molecule has 0 amide bonds. The van der Waals surface area contributed by atoms with E-state index in [9.17, 15) is 4.79 Å². The average Bonchev–Trinajstić information content (AvgIpc) is 2.69. The highest BCUT2D eigenvalue weighted by atomic mass is 35.5. The van der Waals surface area contributed by atoms with Gasteiger partial charge >= 0.3 is 5.97 Å². The second-order valence-corrected chi connectivity index (χ2v) is 3.75. The molecule has 0 bridgehead atoms. The van der Waals surface area contributed by atoms with Gasteiger partial charge in [0.05, 0.1) is 11.6 Å². The smallest absolute Gasteiger partial charge is 0.358 e. The van der Waals surface area contributed by atoms with E-state index in [1.807, 2.05) is 6.92 Å². The number of halogens is 1. The van der Waals surface area contributed by atoms with E-state index in [-0.39, 0.29) is 0 Å². The zero-order valence-electron chi connectivity index (χ0n) is 9.03. The Morgan fingerprint density at radius 3 is 3.00 bits per heavy atom. The molecule has 0 aromatic carbocycles. The maximum absolute atomic E-state index is 11.5. The highest BCUT2D eigenvalue weighted by Gasteiger charge is 2.12. The Morgan fingerprint density at radius 1 is 1.56 bits per heavy atom. The molecule has 2 aromatic heterocycles. The molecule has 0 fully saturated rings. The van der Waals surface area contributed by atoms with E-state index in [1.54, 1.807) is 29.7 Å². The molecule has 0 saturated heterocycles. The Hall–Kier alpha value is -1.55. The van der Waals surface area contributed by atoms with Gasteiger partial charge in [0.1, 0.15) is 5.65 Å². The maximum atomic E-state index is 11.5. The molecule has 4 nitrogen and oxygen atoms in total. The van der Waals surface area contributed by atoms with Gasteiger partial charge in [-0.2, -0.15) is 0 Å². The molecule has 0 atom stereocenters. The van der Waals surface area contributed by atoms with E-state index < -0.39 is 5.97 Å². The number of rotatable bonds is 2. The van der Waals surface area contributed by atoms with E-state index in [0.29, 0.717) is 23.0 Å². The summed E-state index contributed by atoms with van der Waals surface area (Å²) in [7, 11) is 0. The fraction of sp³-hybridized carbons (Fsp3) is 0.273. The van der Waals surface area contributed by atoms with Crippen LogP contribution in [0.1, 0.15) is 23.1 Å². The highest BCUT2D eigenvalue weighted by Crippen LogP contribution is 2.17. The quantitative estimate of drug-likeness (QED) is 0.755. The number of aromatic nitrogens is 2. The number of hydrogen-bond donors (Lipinski definition) is 0. The Balaban J connectivity index is 2.52. The molecule has 0 spiro atoms. The van der Waals surface area contributed by atoms with Crippen molar-refractivity contribution < 1.29 is 9.53 Å². The number of nitrogens with zero attached hydrogens (tertiary/aromatic N) is 2. The van der Waals surface area contributed by atoms with Crippen LogP contribution in [-0.4, -0.2) is 22.0 Å². The van der Waals surface area contributed by atoms with Gasteiger partial charge in [0.2, 0.25) is 0 Å². The van der Waals surface area contributed by atoms with Crippen LogP contribution in [0.5, 0.6) is 0 Å². The van der Waals surface area contributed by atoms with Crippen molar-refractivity contribution in [2.24, 2.45) is 0 Å². The van der Waals surface area contributed by atoms with Crippen molar-refractivity contribution in [2.75, 3.05) is 6.61 Å². The lowest BCUT2D eigenvalue weighted by Gasteiger charge is -2.00. The molecule has 0 aliphatic heterocycles.